The van der Waals surface area contributed by atoms with Gasteiger partial charge in [-0.2, -0.15) is 0 Å². The molecule has 2 fully saturated rings. The van der Waals surface area contributed by atoms with Crippen LogP contribution in [0.1, 0.15) is 42.2 Å². The van der Waals surface area contributed by atoms with Crippen molar-refractivity contribution in [3.63, 3.8) is 0 Å². The van der Waals surface area contributed by atoms with Gasteiger partial charge in [-0.15, -0.1) is 0 Å². The van der Waals surface area contributed by atoms with Crippen molar-refractivity contribution in [2.45, 2.75) is 31.7 Å². The maximum absolute atomic E-state index is 12.6. The van der Waals surface area contributed by atoms with Gasteiger partial charge in [0.2, 0.25) is 0 Å². The molecule has 1 unspecified atom stereocenters. The quantitative estimate of drug-likeness (QED) is 0.659. The van der Waals surface area contributed by atoms with Crippen molar-refractivity contribution in [1.29, 1.82) is 0 Å². The fourth-order valence-corrected chi connectivity index (χ4v) is 2.99. The predicted octanol–water partition coefficient (Wildman–Crippen LogP) is 1.58. The monoisotopic (exact) mass is 293 g/mol. The molecule has 3 rings (SSSR count). The summed E-state index contributed by atoms with van der Waals surface area (Å²) in [5.41, 5.74) is 0.408. The summed E-state index contributed by atoms with van der Waals surface area (Å²) in [6, 6.07) is 1.62. The van der Waals surface area contributed by atoms with Crippen LogP contribution in [0.2, 0.25) is 0 Å². The van der Waals surface area contributed by atoms with Crippen LogP contribution in [0.25, 0.3) is 0 Å². The van der Waals surface area contributed by atoms with Gasteiger partial charge in [0.1, 0.15) is 5.69 Å². The first-order valence-corrected chi connectivity index (χ1v) is 7.36. The van der Waals surface area contributed by atoms with Crippen LogP contribution in [0.15, 0.2) is 12.3 Å². The van der Waals surface area contributed by atoms with Crippen molar-refractivity contribution in [2.75, 3.05) is 19.7 Å². The molecule has 1 aromatic rings. The molecule has 1 aromatic heterocycles. The fourth-order valence-electron chi connectivity index (χ4n) is 2.99. The average Bonchev–Trinajstić information content (AvgIpc) is 3.02. The minimum absolute atomic E-state index is 0.0173. The number of likely N-dealkylation sites (tertiary alicyclic amines) is 1. The molecule has 0 radical (unpaired) electrons. The summed E-state index contributed by atoms with van der Waals surface area (Å²) in [7, 11) is 0. The molecule has 0 spiro atoms. The first-order valence-electron chi connectivity index (χ1n) is 7.36. The molecular weight excluding hydrogens is 274 g/mol. The third-order valence-corrected chi connectivity index (χ3v) is 4.31. The molecule has 1 amide bonds. The lowest BCUT2D eigenvalue weighted by molar-refractivity contribution is -0.384. The Kier molecular flexibility index (Phi) is 3.67. The van der Waals surface area contributed by atoms with E-state index in [0.717, 1.165) is 19.3 Å². The molecule has 1 atom stereocenters. The van der Waals surface area contributed by atoms with E-state index in [2.05, 4.69) is 0 Å². The summed E-state index contributed by atoms with van der Waals surface area (Å²) in [5.74, 6) is 0.203. The van der Waals surface area contributed by atoms with Gasteiger partial charge in [0, 0.05) is 31.8 Å². The van der Waals surface area contributed by atoms with Crippen LogP contribution >= 0.6 is 0 Å². The van der Waals surface area contributed by atoms with E-state index in [1.54, 1.807) is 9.47 Å². The molecule has 1 aliphatic carbocycles. The van der Waals surface area contributed by atoms with Gasteiger partial charge in [0.15, 0.2) is 0 Å². The second-order valence-electron chi connectivity index (χ2n) is 5.90. The number of hydrogen-bond donors (Lipinski definition) is 1. The van der Waals surface area contributed by atoms with Gasteiger partial charge >= 0.3 is 0 Å². The van der Waals surface area contributed by atoms with Crippen molar-refractivity contribution < 1.29 is 14.8 Å². The third-order valence-electron chi connectivity index (χ3n) is 4.31. The van der Waals surface area contributed by atoms with E-state index in [-0.39, 0.29) is 24.2 Å². The Hall–Kier alpha value is -1.89. The Balaban J connectivity index is 1.79. The maximum atomic E-state index is 12.6. The Morgan fingerprint density at radius 1 is 1.43 bits per heavy atom. The number of carbonyl (C=O) groups excluding carboxylic acids is 1. The van der Waals surface area contributed by atoms with Gasteiger partial charge in [-0.25, -0.2) is 0 Å². The Morgan fingerprint density at radius 3 is 2.81 bits per heavy atom. The minimum atomic E-state index is -0.450. The largest absolute Gasteiger partial charge is 0.396 e. The molecule has 0 bridgehead atoms. The van der Waals surface area contributed by atoms with Crippen LogP contribution < -0.4 is 0 Å². The smallest absolute Gasteiger partial charge is 0.287 e. The van der Waals surface area contributed by atoms with Crippen molar-refractivity contribution in [2.24, 2.45) is 5.92 Å². The van der Waals surface area contributed by atoms with Crippen molar-refractivity contribution in [3.8, 4) is 0 Å². The van der Waals surface area contributed by atoms with E-state index >= 15 is 0 Å². The number of rotatable bonds is 5. The highest BCUT2D eigenvalue weighted by Crippen LogP contribution is 2.38. The van der Waals surface area contributed by atoms with Crippen LogP contribution in [-0.4, -0.2) is 45.1 Å². The third kappa shape index (κ3) is 2.78. The van der Waals surface area contributed by atoms with E-state index in [0.29, 0.717) is 31.1 Å². The zero-order valence-electron chi connectivity index (χ0n) is 11.8. The van der Waals surface area contributed by atoms with Gasteiger partial charge in [-0.05, 0) is 31.6 Å². The summed E-state index contributed by atoms with van der Waals surface area (Å²) < 4.78 is 1.76. The van der Waals surface area contributed by atoms with E-state index in [4.69, 9.17) is 5.11 Å². The summed E-state index contributed by atoms with van der Waals surface area (Å²) in [4.78, 5) is 24.8. The molecule has 114 valence electrons. The molecule has 1 aliphatic heterocycles. The highest BCUT2D eigenvalue weighted by atomic mass is 16.6. The SMILES string of the molecule is O=C(c1cc([N+](=O)[O-])cn1C1CC1)N1CCC(CCO)C1. The topological polar surface area (TPSA) is 88.6 Å². The molecule has 7 heteroatoms. The number of nitro groups is 1. The number of nitrogens with zero attached hydrogens (tertiary/aromatic N) is 3. The van der Waals surface area contributed by atoms with Crippen molar-refractivity contribution >= 4 is 11.6 Å². The van der Waals surface area contributed by atoms with Gasteiger partial charge in [-0.3, -0.25) is 14.9 Å². The lowest BCUT2D eigenvalue weighted by atomic mass is 10.1. The first-order chi connectivity index (χ1) is 10.1. The standard InChI is InChI=1S/C14H19N3O4/c18-6-4-10-3-5-15(8-10)14(19)13-7-12(17(20)21)9-16(13)11-1-2-11/h7,9-11,18H,1-6,8H2. The summed E-state index contributed by atoms with van der Waals surface area (Å²) in [5, 5.41) is 19.9. The number of hydrogen-bond acceptors (Lipinski definition) is 4. The van der Waals surface area contributed by atoms with Crippen LogP contribution in [0.3, 0.4) is 0 Å². The number of aliphatic hydroxyl groups excluding tert-OH is 1. The summed E-state index contributed by atoms with van der Waals surface area (Å²) in [6.45, 7) is 1.42. The molecule has 2 aliphatic rings. The molecule has 2 heterocycles. The summed E-state index contributed by atoms with van der Waals surface area (Å²) >= 11 is 0. The number of aromatic nitrogens is 1. The zero-order valence-corrected chi connectivity index (χ0v) is 11.8. The Morgan fingerprint density at radius 2 is 2.19 bits per heavy atom. The molecule has 1 saturated carbocycles. The average molecular weight is 293 g/mol. The van der Waals surface area contributed by atoms with Crippen LogP contribution in [0.5, 0.6) is 0 Å². The van der Waals surface area contributed by atoms with E-state index in [1.165, 1.54) is 12.3 Å². The first kappa shape index (κ1) is 14.1. The molecule has 21 heavy (non-hydrogen) atoms. The van der Waals surface area contributed by atoms with Crippen LogP contribution in [0.4, 0.5) is 5.69 Å². The van der Waals surface area contributed by atoms with Crippen molar-refractivity contribution in [3.05, 3.63) is 28.1 Å². The lowest BCUT2D eigenvalue weighted by Crippen LogP contribution is -2.30. The van der Waals surface area contributed by atoms with Crippen LogP contribution in [-0.2, 0) is 0 Å². The lowest BCUT2D eigenvalue weighted by Gasteiger charge is -2.17. The van der Waals surface area contributed by atoms with E-state index in [9.17, 15) is 14.9 Å². The second-order valence-corrected chi connectivity index (χ2v) is 5.90. The van der Waals surface area contributed by atoms with Gasteiger partial charge in [0.25, 0.3) is 11.6 Å². The molecule has 7 nitrogen and oxygen atoms in total. The second kappa shape index (κ2) is 5.48. The van der Waals surface area contributed by atoms with E-state index in [1.807, 2.05) is 0 Å². The minimum Gasteiger partial charge on any atom is -0.396 e. The van der Waals surface area contributed by atoms with E-state index < -0.39 is 4.92 Å². The maximum Gasteiger partial charge on any atom is 0.287 e. The fraction of sp³-hybridized carbons (Fsp3) is 0.643. The molecular formula is C14H19N3O4. The van der Waals surface area contributed by atoms with Gasteiger partial charge in [0.05, 0.1) is 11.1 Å². The molecule has 1 saturated heterocycles. The van der Waals surface area contributed by atoms with Gasteiger partial charge < -0.3 is 14.6 Å². The Labute approximate surface area is 122 Å². The molecule has 0 aromatic carbocycles. The molecule has 1 N–H and O–H groups in total. The normalized spacial score (nSPS) is 21.8. The highest BCUT2D eigenvalue weighted by molar-refractivity contribution is 5.94. The van der Waals surface area contributed by atoms with Crippen LogP contribution in [0, 0.1) is 16.0 Å². The predicted molar refractivity (Wildman–Crippen MR) is 75.1 cm³/mol. The van der Waals surface area contributed by atoms with Crippen molar-refractivity contribution in [1.82, 2.24) is 9.47 Å². The number of aliphatic hydroxyl groups is 1. The zero-order chi connectivity index (χ0) is 15.0. The number of carbonyl (C=O) groups is 1. The highest BCUT2D eigenvalue weighted by Gasteiger charge is 2.34. The number of amides is 1. The van der Waals surface area contributed by atoms with Gasteiger partial charge in [-0.1, -0.05) is 0 Å². The summed E-state index contributed by atoms with van der Waals surface area (Å²) in [6.07, 6.45) is 5.01. The Bertz CT molecular complexity index is 565.